The minimum Gasteiger partial charge on any atom is -0.287 e. The second kappa shape index (κ2) is 4.43. The van der Waals surface area contributed by atoms with E-state index in [4.69, 9.17) is 11.6 Å². The average molecular weight is 303 g/mol. The highest BCUT2D eigenvalue weighted by atomic mass is 79.9. The largest absolute Gasteiger partial charge is 0.287 e. The van der Waals surface area contributed by atoms with Crippen LogP contribution in [0.4, 0.5) is 0 Å². The first kappa shape index (κ1) is 10.8. The Morgan fingerprint density at radius 1 is 1.47 bits per heavy atom. The van der Waals surface area contributed by atoms with Crippen LogP contribution in [0.2, 0.25) is 5.02 Å². The Hall–Kier alpha value is -0.710. The van der Waals surface area contributed by atoms with Crippen LogP contribution >= 0.6 is 38.9 Å². The SMILES string of the molecule is O=C(c1cscn1)c1cccc(Br)c1Cl. The van der Waals surface area contributed by atoms with Crippen molar-refractivity contribution >= 4 is 44.7 Å². The van der Waals surface area contributed by atoms with Gasteiger partial charge in [0.2, 0.25) is 5.78 Å². The number of carbonyl (C=O) groups is 1. The highest BCUT2D eigenvalue weighted by molar-refractivity contribution is 9.10. The van der Waals surface area contributed by atoms with Crippen molar-refractivity contribution in [1.29, 1.82) is 0 Å². The molecular weight excluding hydrogens is 298 g/mol. The molecule has 1 heterocycles. The molecule has 5 heteroatoms. The third-order valence-electron chi connectivity index (χ3n) is 1.86. The van der Waals surface area contributed by atoms with Gasteiger partial charge in [0.15, 0.2) is 0 Å². The Labute approximate surface area is 104 Å². The topological polar surface area (TPSA) is 30.0 Å². The zero-order chi connectivity index (χ0) is 10.8. The molecule has 0 saturated carbocycles. The molecule has 0 saturated heterocycles. The van der Waals surface area contributed by atoms with E-state index in [0.717, 1.165) is 0 Å². The van der Waals surface area contributed by atoms with Crippen LogP contribution < -0.4 is 0 Å². The van der Waals surface area contributed by atoms with Gasteiger partial charge in [-0.15, -0.1) is 11.3 Å². The van der Waals surface area contributed by atoms with Crippen molar-refractivity contribution in [1.82, 2.24) is 4.98 Å². The van der Waals surface area contributed by atoms with Crippen molar-refractivity contribution in [3.63, 3.8) is 0 Å². The molecule has 15 heavy (non-hydrogen) atoms. The maximum atomic E-state index is 11.9. The lowest BCUT2D eigenvalue weighted by Gasteiger charge is -2.02. The van der Waals surface area contributed by atoms with E-state index in [1.807, 2.05) is 0 Å². The van der Waals surface area contributed by atoms with Crippen LogP contribution in [0.15, 0.2) is 33.6 Å². The fourth-order valence-corrected chi connectivity index (χ4v) is 2.25. The zero-order valence-corrected chi connectivity index (χ0v) is 10.6. The van der Waals surface area contributed by atoms with Gasteiger partial charge in [-0.3, -0.25) is 4.79 Å². The molecule has 0 N–H and O–H groups in total. The Bertz CT molecular complexity index is 498. The molecule has 1 aromatic heterocycles. The summed E-state index contributed by atoms with van der Waals surface area (Å²) >= 11 is 10.7. The van der Waals surface area contributed by atoms with Crippen LogP contribution in [0.3, 0.4) is 0 Å². The molecule has 0 atom stereocenters. The van der Waals surface area contributed by atoms with Crippen LogP contribution in [0.5, 0.6) is 0 Å². The van der Waals surface area contributed by atoms with Gasteiger partial charge in [-0.05, 0) is 28.1 Å². The molecule has 0 bridgehead atoms. The van der Waals surface area contributed by atoms with Gasteiger partial charge in [-0.2, -0.15) is 0 Å². The normalized spacial score (nSPS) is 10.3. The van der Waals surface area contributed by atoms with Gasteiger partial charge in [-0.25, -0.2) is 4.98 Å². The van der Waals surface area contributed by atoms with Crippen molar-refractivity contribution in [2.75, 3.05) is 0 Å². The number of rotatable bonds is 2. The summed E-state index contributed by atoms with van der Waals surface area (Å²) in [5.74, 6) is -0.150. The predicted octanol–water partition coefficient (Wildman–Crippen LogP) is 3.79. The Morgan fingerprint density at radius 2 is 2.27 bits per heavy atom. The van der Waals surface area contributed by atoms with Gasteiger partial charge in [-0.1, -0.05) is 17.7 Å². The first-order valence-corrected chi connectivity index (χ1v) is 6.18. The smallest absolute Gasteiger partial charge is 0.213 e. The summed E-state index contributed by atoms with van der Waals surface area (Å²) in [6.45, 7) is 0. The van der Waals surface area contributed by atoms with Crippen LogP contribution in [-0.4, -0.2) is 10.8 Å². The lowest BCUT2D eigenvalue weighted by Crippen LogP contribution is -2.02. The fraction of sp³-hybridized carbons (Fsp3) is 0. The summed E-state index contributed by atoms with van der Waals surface area (Å²) in [7, 11) is 0. The minimum absolute atomic E-state index is 0.150. The van der Waals surface area contributed by atoms with E-state index in [1.165, 1.54) is 11.3 Å². The van der Waals surface area contributed by atoms with Gasteiger partial charge in [0.25, 0.3) is 0 Å². The lowest BCUT2D eigenvalue weighted by atomic mass is 10.1. The number of aromatic nitrogens is 1. The average Bonchev–Trinajstić information content (AvgIpc) is 2.74. The number of hydrogen-bond donors (Lipinski definition) is 0. The Morgan fingerprint density at radius 3 is 2.93 bits per heavy atom. The van der Waals surface area contributed by atoms with Gasteiger partial charge in [0.1, 0.15) is 5.69 Å². The number of halogens is 2. The van der Waals surface area contributed by atoms with Gasteiger partial charge in [0.05, 0.1) is 10.5 Å². The highest BCUT2D eigenvalue weighted by Crippen LogP contribution is 2.27. The highest BCUT2D eigenvalue weighted by Gasteiger charge is 2.15. The van der Waals surface area contributed by atoms with E-state index in [2.05, 4.69) is 20.9 Å². The first-order chi connectivity index (χ1) is 7.20. The number of thiazole rings is 1. The third-order valence-corrected chi connectivity index (χ3v) is 3.74. The number of hydrogen-bond acceptors (Lipinski definition) is 3. The molecule has 0 unspecified atom stereocenters. The summed E-state index contributed by atoms with van der Waals surface area (Å²) in [4.78, 5) is 15.9. The molecule has 1 aromatic carbocycles. The fourth-order valence-electron chi connectivity index (χ4n) is 1.14. The van der Waals surface area contributed by atoms with E-state index in [1.54, 1.807) is 29.1 Å². The standard InChI is InChI=1S/C10H5BrClNOS/c11-7-3-1-2-6(9(7)12)10(14)8-4-15-5-13-8/h1-5H. The van der Waals surface area contributed by atoms with Crippen LogP contribution in [-0.2, 0) is 0 Å². The maximum Gasteiger partial charge on any atom is 0.213 e. The molecule has 0 amide bonds. The molecule has 0 aliphatic rings. The summed E-state index contributed by atoms with van der Waals surface area (Å²) < 4.78 is 0.713. The molecule has 0 spiro atoms. The summed E-state index contributed by atoms with van der Waals surface area (Å²) in [5.41, 5.74) is 2.52. The van der Waals surface area contributed by atoms with Crippen molar-refractivity contribution in [3.05, 3.63) is 49.8 Å². The van der Waals surface area contributed by atoms with E-state index in [9.17, 15) is 4.79 Å². The van der Waals surface area contributed by atoms with Crippen LogP contribution in [0, 0.1) is 0 Å². The van der Waals surface area contributed by atoms with E-state index in [0.29, 0.717) is 20.8 Å². The van der Waals surface area contributed by atoms with E-state index < -0.39 is 0 Å². The number of carbonyl (C=O) groups excluding carboxylic acids is 1. The molecule has 2 aromatic rings. The lowest BCUT2D eigenvalue weighted by molar-refractivity contribution is 0.103. The molecule has 0 aliphatic heterocycles. The number of benzene rings is 1. The Balaban J connectivity index is 2.47. The van der Waals surface area contributed by atoms with E-state index in [-0.39, 0.29) is 5.78 Å². The number of ketones is 1. The van der Waals surface area contributed by atoms with Gasteiger partial charge < -0.3 is 0 Å². The first-order valence-electron chi connectivity index (χ1n) is 4.07. The van der Waals surface area contributed by atoms with E-state index >= 15 is 0 Å². The third kappa shape index (κ3) is 2.12. The molecule has 0 radical (unpaired) electrons. The van der Waals surface area contributed by atoms with Crippen molar-refractivity contribution in [2.24, 2.45) is 0 Å². The molecule has 0 aliphatic carbocycles. The van der Waals surface area contributed by atoms with Crippen LogP contribution in [0.25, 0.3) is 0 Å². The zero-order valence-electron chi connectivity index (χ0n) is 7.41. The molecule has 0 fully saturated rings. The molecular formula is C10H5BrClNOS. The summed E-state index contributed by atoms with van der Waals surface area (Å²) in [6.07, 6.45) is 0. The number of nitrogens with zero attached hydrogens (tertiary/aromatic N) is 1. The van der Waals surface area contributed by atoms with Gasteiger partial charge >= 0.3 is 0 Å². The maximum absolute atomic E-state index is 11.9. The summed E-state index contributed by atoms with van der Waals surface area (Å²) in [6, 6.07) is 5.25. The monoisotopic (exact) mass is 301 g/mol. The predicted molar refractivity (Wildman–Crippen MR) is 64.7 cm³/mol. The second-order valence-corrected chi connectivity index (χ2v) is 4.76. The molecule has 2 rings (SSSR count). The second-order valence-electron chi connectivity index (χ2n) is 2.80. The van der Waals surface area contributed by atoms with Gasteiger partial charge in [0, 0.05) is 15.4 Å². The molecule has 2 nitrogen and oxygen atoms in total. The minimum atomic E-state index is -0.150. The quantitative estimate of drug-likeness (QED) is 0.790. The van der Waals surface area contributed by atoms with Crippen LogP contribution in [0.1, 0.15) is 16.1 Å². The van der Waals surface area contributed by atoms with Crippen molar-refractivity contribution < 1.29 is 4.79 Å². The van der Waals surface area contributed by atoms with Crippen molar-refractivity contribution in [3.8, 4) is 0 Å². The molecule has 76 valence electrons. The Kier molecular flexibility index (Phi) is 3.19. The summed E-state index contributed by atoms with van der Waals surface area (Å²) in [5, 5.41) is 2.13. The van der Waals surface area contributed by atoms with Crippen molar-refractivity contribution in [2.45, 2.75) is 0 Å².